The zero-order valence-electron chi connectivity index (χ0n) is 14.3. The predicted molar refractivity (Wildman–Crippen MR) is 94.3 cm³/mol. The van der Waals surface area contributed by atoms with E-state index < -0.39 is 0 Å². The first-order valence-corrected chi connectivity index (χ1v) is 8.86. The summed E-state index contributed by atoms with van der Waals surface area (Å²) >= 11 is 0. The third-order valence-corrected chi connectivity index (χ3v) is 4.58. The summed E-state index contributed by atoms with van der Waals surface area (Å²) < 4.78 is 11.4. The van der Waals surface area contributed by atoms with Gasteiger partial charge in [0.1, 0.15) is 12.2 Å². The van der Waals surface area contributed by atoms with Gasteiger partial charge in [0.2, 0.25) is 5.88 Å². The standard InChI is InChI=1S/C14H19NO2.C6H4N2/c1-3-12(4-1)17-14-13(5-2-8-15-14)11-6-9-16-10-7-11;7-4-6-2-1-3-8-5-6/h2,5,8,11-12H,1,3-4,6-7,9-10H2;1-3,5H. The van der Waals surface area contributed by atoms with Crippen molar-refractivity contribution < 1.29 is 9.47 Å². The minimum Gasteiger partial charge on any atom is -0.474 e. The molecule has 2 aliphatic rings. The van der Waals surface area contributed by atoms with Crippen molar-refractivity contribution in [1.29, 1.82) is 5.26 Å². The fourth-order valence-electron chi connectivity index (χ4n) is 2.90. The molecule has 3 heterocycles. The van der Waals surface area contributed by atoms with Gasteiger partial charge in [0.05, 0.1) is 5.56 Å². The van der Waals surface area contributed by atoms with E-state index in [0.29, 0.717) is 17.6 Å². The van der Waals surface area contributed by atoms with Crippen LogP contribution in [0, 0.1) is 11.3 Å². The topological polar surface area (TPSA) is 68.0 Å². The Bertz CT molecular complexity index is 690. The van der Waals surface area contributed by atoms with Crippen LogP contribution in [-0.2, 0) is 4.74 Å². The highest BCUT2D eigenvalue weighted by atomic mass is 16.5. The molecule has 0 spiro atoms. The largest absolute Gasteiger partial charge is 0.474 e. The van der Waals surface area contributed by atoms with E-state index in [1.165, 1.54) is 31.0 Å². The number of nitriles is 1. The highest BCUT2D eigenvalue weighted by molar-refractivity contribution is 5.30. The van der Waals surface area contributed by atoms with E-state index in [4.69, 9.17) is 14.7 Å². The molecule has 0 atom stereocenters. The predicted octanol–water partition coefficient (Wildman–Crippen LogP) is 3.86. The maximum Gasteiger partial charge on any atom is 0.217 e. The number of ether oxygens (including phenoxy) is 2. The minimum absolute atomic E-state index is 0.406. The maximum absolute atomic E-state index is 8.25. The van der Waals surface area contributed by atoms with Crippen LogP contribution in [0.3, 0.4) is 0 Å². The third-order valence-electron chi connectivity index (χ3n) is 4.58. The van der Waals surface area contributed by atoms with Crippen LogP contribution in [0.1, 0.15) is 49.1 Å². The summed E-state index contributed by atoms with van der Waals surface area (Å²) in [6.45, 7) is 1.73. The fourth-order valence-corrected chi connectivity index (χ4v) is 2.90. The van der Waals surface area contributed by atoms with Crippen molar-refractivity contribution in [2.24, 2.45) is 0 Å². The molecule has 0 bridgehead atoms. The van der Waals surface area contributed by atoms with Crippen molar-refractivity contribution in [3.63, 3.8) is 0 Å². The molecular formula is C20H23N3O2. The lowest BCUT2D eigenvalue weighted by atomic mass is 9.92. The summed E-state index contributed by atoms with van der Waals surface area (Å²) in [6, 6.07) is 9.59. The molecule has 5 heteroatoms. The van der Waals surface area contributed by atoms with Crippen LogP contribution in [0.2, 0.25) is 0 Å². The van der Waals surface area contributed by atoms with Crippen LogP contribution < -0.4 is 4.74 Å². The number of rotatable bonds is 3. The van der Waals surface area contributed by atoms with Crippen molar-refractivity contribution in [2.45, 2.75) is 44.1 Å². The molecule has 0 aromatic carbocycles. The number of nitrogens with zero attached hydrogens (tertiary/aromatic N) is 3. The van der Waals surface area contributed by atoms with Gasteiger partial charge in [-0.3, -0.25) is 4.98 Å². The van der Waals surface area contributed by atoms with Gasteiger partial charge in [-0.05, 0) is 56.2 Å². The molecule has 130 valence electrons. The first-order valence-electron chi connectivity index (χ1n) is 8.86. The number of pyridine rings is 2. The Kier molecular flexibility index (Phi) is 6.35. The van der Waals surface area contributed by atoms with Gasteiger partial charge >= 0.3 is 0 Å². The molecule has 2 aromatic rings. The van der Waals surface area contributed by atoms with E-state index in [1.54, 1.807) is 18.3 Å². The zero-order valence-corrected chi connectivity index (χ0v) is 14.3. The number of aromatic nitrogens is 2. The van der Waals surface area contributed by atoms with Crippen molar-refractivity contribution in [3.8, 4) is 11.9 Å². The molecule has 2 fully saturated rings. The Balaban J connectivity index is 0.000000192. The Morgan fingerprint density at radius 3 is 2.48 bits per heavy atom. The van der Waals surface area contributed by atoms with Crippen molar-refractivity contribution in [1.82, 2.24) is 9.97 Å². The molecule has 1 aliphatic heterocycles. The van der Waals surface area contributed by atoms with Crippen LogP contribution >= 0.6 is 0 Å². The first kappa shape index (κ1) is 17.4. The normalized spacial score (nSPS) is 17.6. The lowest BCUT2D eigenvalue weighted by Gasteiger charge is -2.29. The monoisotopic (exact) mass is 337 g/mol. The van der Waals surface area contributed by atoms with Crippen LogP contribution in [0.5, 0.6) is 5.88 Å². The van der Waals surface area contributed by atoms with E-state index >= 15 is 0 Å². The quantitative estimate of drug-likeness (QED) is 0.850. The summed E-state index contributed by atoms with van der Waals surface area (Å²) in [5, 5.41) is 8.25. The molecular weight excluding hydrogens is 314 g/mol. The van der Waals surface area contributed by atoms with E-state index in [-0.39, 0.29) is 0 Å². The van der Waals surface area contributed by atoms with Gasteiger partial charge in [0.25, 0.3) is 0 Å². The average Bonchev–Trinajstić information content (AvgIpc) is 2.67. The molecule has 0 N–H and O–H groups in total. The lowest BCUT2D eigenvalue weighted by molar-refractivity contribution is 0.0810. The lowest BCUT2D eigenvalue weighted by Crippen LogP contribution is -2.26. The highest BCUT2D eigenvalue weighted by Crippen LogP contribution is 2.34. The Hall–Kier alpha value is -2.45. The highest BCUT2D eigenvalue weighted by Gasteiger charge is 2.24. The summed E-state index contributed by atoms with van der Waals surface area (Å²) in [7, 11) is 0. The molecule has 25 heavy (non-hydrogen) atoms. The van der Waals surface area contributed by atoms with Crippen molar-refractivity contribution in [2.75, 3.05) is 13.2 Å². The number of hydrogen-bond donors (Lipinski definition) is 0. The summed E-state index contributed by atoms with van der Waals surface area (Å²) in [4.78, 5) is 8.15. The van der Waals surface area contributed by atoms with Crippen LogP contribution in [0.25, 0.3) is 0 Å². The summed E-state index contributed by atoms with van der Waals surface area (Å²) in [6.07, 6.45) is 11.2. The molecule has 1 aliphatic carbocycles. The SMILES string of the molecule is N#Cc1cccnc1.c1cnc(OC2CCC2)c(C2CCOCC2)c1. The second kappa shape index (κ2) is 9.14. The zero-order chi connectivity index (χ0) is 17.3. The smallest absolute Gasteiger partial charge is 0.217 e. The molecule has 2 aromatic heterocycles. The molecule has 0 amide bonds. The van der Waals surface area contributed by atoms with Crippen LogP contribution in [-0.4, -0.2) is 29.3 Å². The van der Waals surface area contributed by atoms with Gasteiger partial charge in [-0.15, -0.1) is 0 Å². The van der Waals surface area contributed by atoms with E-state index in [0.717, 1.165) is 31.9 Å². The van der Waals surface area contributed by atoms with Gasteiger partial charge in [-0.1, -0.05) is 6.07 Å². The average molecular weight is 337 g/mol. The van der Waals surface area contributed by atoms with Gasteiger partial charge < -0.3 is 9.47 Å². The minimum atomic E-state index is 0.406. The molecule has 1 saturated carbocycles. The molecule has 0 radical (unpaired) electrons. The fraction of sp³-hybridized carbons (Fsp3) is 0.450. The molecule has 4 rings (SSSR count). The first-order chi connectivity index (χ1) is 12.4. The third kappa shape index (κ3) is 5.01. The molecule has 5 nitrogen and oxygen atoms in total. The van der Waals surface area contributed by atoms with Gasteiger partial charge in [-0.2, -0.15) is 5.26 Å². The van der Waals surface area contributed by atoms with Crippen molar-refractivity contribution in [3.05, 3.63) is 54.0 Å². The van der Waals surface area contributed by atoms with Crippen LogP contribution in [0.15, 0.2) is 42.9 Å². The molecule has 1 saturated heterocycles. The second-order valence-electron chi connectivity index (χ2n) is 6.31. The molecule has 0 unspecified atom stereocenters. The Labute approximate surface area is 148 Å². The maximum atomic E-state index is 8.25. The van der Waals surface area contributed by atoms with Gasteiger partial charge in [-0.25, -0.2) is 4.98 Å². The van der Waals surface area contributed by atoms with E-state index in [2.05, 4.69) is 16.0 Å². The van der Waals surface area contributed by atoms with E-state index in [1.807, 2.05) is 18.3 Å². The Morgan fingerprint density at radius 2 is 1.88 bits per heavy atom. The Morgan fingerprint density at radius 1 is 1.08 bits per heavy atom. The van der Waals surface area contributed by atoms with Crippen LogP contribution in [0.4, 0.5) is 0 Å². The number of hydrogen-bond acceptors (Lipinski definition) is 5. The summed E-state index contributed by atoms with van der Waals surface area (Å²) in [5.74, 6) is 1.43. The van der Waals surface area contributed by atoms with Gasteiger partial charge in [0.15, 0.2) is 0 Å². The van der Waals surface area contributed by atoms with Crippen molar-refractivity contribution >= 4 is 0 Å². The summed E-state index contributed by atoms with van der Waals surface area (Å²) in [5.41, 5.74) is 1.88. The van der Waals surface area contributed by atoms with Gasteiger partial charge in [0, 0.05) is 37.4 Å². The van der Waals surface area contributed by atoms with E-state index in [9.17, 15) is 0 Å². The second-order valence-corrected chi connectivity index (χ2v) is 6.31.